The van der Waals surface area contributed by atoms with E-state index in [0.29, 0.717) is 0 Å². The Morgan fingerprint density at radius 1 is 0.679 bits per heavy atom. The second-order valence-corrected chi connectivity index (χ2v) is 7.63. The molecule has 0 aromatic rings. The van der Waals surface area contributed by atoms with Gasteiger partial charge < -0.3 is 9.84 Å². The van der Waals surface area contributed by atoms with Crippen molar-refractivity contribution >= 4 is 11.9 Å². The summed E-state index contributed by atoms with van der Waals surface area (Å²) >= 11 is 0. The summed E-state index contributed by atoms with van der Waals surface area (Å²) in [6.07, 6.45) is 14.9. The number of carbonyl (C=O) groups is 2. The molecule has 0 spiro atoms. The van der Waals surface area contributed by atoms with E-state index in [2.05, 4.69) is 45.9 Å². The van der Waals surface area contributed by atoms with Crippen LogP contribution in [-0.4, -0.2) is 23.7 Å². The molecule has 0 amide bonds. The van der Waals surface area contributed by atoms with Gasteiger partial charge in [0.05, 0.1) is 12.8 Å². The third kappa shape index (κ3) is 17.3. The summed E-state index contributed by atoms with van der Waals surface area (Å²) in [5, 5.41) is 8.52. The molecule has 0 bridgehead atoms. The maximum atomic E-state index is 11.3. The van der Waals surface area contributed by atoms with Crippen molar-refractivity contribution < 1.29 is 19.4 Å². The molecule has 158 valence electrons. The van der Waals surface area contributed by atoms with Gasteiger partial charge >= 0.3 is 11.9 Å². The van der Waals surface area contributed by atoms with Crippen LogP contribution >= 0.6 is 0 Å². The summed E-state index contributed by atoms with van der Waals surface area (Å²) in [6.45, 7) is 10.9. The molecule has 0 aromatic carbocycles. The molecule has 1 N–H and O–H groups in total. The number of esters is 1. The first-order chi connectivity index (χ1) is 13.2. The van der Waals surface area contributed by atoms with Crippen molar-refractivity contribution in [3.63, 3.8) is 0 Å². The van der Waals surface area contributed by atoms with Crippen LogP contribution in [0, 0.1) is 0 Å². The molecule has 28 heavy (non-hydrogen) atoms. The van der Waals surface area contributed by atoms with E-state index in [-0.39, 0.29) is 19.4 Å². The van der Waals surface area contributed by atoms with Gasteiger partial charge in [0, 0.05) is 0 Å². The highest BCUT2D eigenvalue weighted by Gasteiger charge is 2.05. The van der Waals surface area contributed by atoms with Gasteiger partial charge in [-0.1, -0.05) is 40.5 Å². The van der Waals surface area contributed by atoms with Crippen molar-refractivity contribution in [2.45, 2.75) is 86.0 Å². The highest BCUT2D eigenvalue weighted by atomic mass is 16.5. The van der Waals surface area contributed by atoms with Crippen LogP contribution in [0.1, 0.15) is 86.0 Å². The Bertz CT molecular complexity index is 602. The summed E-state index contributed by atoms with van der Waals surface area (Å²) in [5.74, 6) is -1.45. The average molecular weight is 391 g/mol. The fourth-order valence-electron chi connectivity index (χ4n) is 2.55. The highest BCUT2D eigenvalue weighted by molar-refractivity contribution is 5.76. The molecule has 0 aliphatic heterocycles. The summed E-state index contributed by atoms with van der Waals surface area (Å²) in [4.78, 5) is 21.7. The van der Waals surface area contributed by atoms with Crippen LogP contribution in [0.4, 0.5) is 0 Å². The minimum Gasteiger partial charge on any atom is -0.481 e. The lowest BCUT2D eigenvalue weighted by molar-refractivity contribution is -0.146. The van der Waals surface area contributed by atoms with E-state index < -0.39 is 11.9 Å². The molecular formula is C24H38O4. The molecule has 0 aliphatic carbocycles. The molecule has 0 unspecified atom stereocenters. The van der Waals surface area contributed by atoms with Crippen LogP contribution in [0.3, 0.4) is 0 Å². The topological polar surface area (TPSA) is 63.6 Å². The zero-order valence-corrected chi connectivity index (χ0v) is 18.3. The Hall–Kier alpha value is -2.10. The molecular weight excluding hydrogens is 352 g/mol. The molecule has 0 heterocycles. The number of carbonyl (C=O) groups excluding carboxylic acids is 1. The lowest BCUT2D eigenvalue weighted by Gasteiger charge is -2.04. The fourth-order valence-corrected chi connectivity index (χ4v) is 2.55. The summed E-state index contributed by atoms with van der Waals surface area (Å²) in [7, 11) is 0. The minimum absolute atomic E-state index is 0.0764. The number of allylic oxidation sites excluding steroid dienone is 7. The zero-order chi connectivity index (χ0) is 21.4. The Morgan fingerprint density at radius 3 is 1.61 bits per heavy atom. The van der Waals surface area contributed by atoms with Crippen LogP contribution in [0.25, 0.3) is 0 Å². The van der Waals surface area contributed by atoms with Gasteiger partial charge in [0.2, 0.25) is 0 Å². The molecule has 4 nitrogen and oxygen atoms in total. The van der Waals surface area contributed by atoms with Crippen molar-refractivity contribution in [1.82, 2.24) is 0 Å². The van der Waals surface area contributed by atoms with E-state index in [1.165, 1.54) is 22.3 Å². The van der Waals surface area contributed by atoms with Gasteiger partial charge in [0.25, 0.3) is 0 Å². The number of carboxylic acids is 1. The Morgan fingerprint density at radius 2 is 1.14 bits per heavy atom. The summed E-state index contributed by atoms with van der Waals surface area (Å²) < 4.78 is 5.00. The quantitative estimate of drug-likeness (QED) is 0.270. The standard InChI is InChI=1S/C24H38O4/c1-19(2)9-6-10-20(3)11-7-12-21(4)13-8-14-22(5)17-18-28-24(27)16-15-23(25)26/h9,11,13,17H,6-8,10,12,14-16,18H2,1-5H3,(H,25,26). The second-order valence-electron chi connectivity index (χ2n) is 7.63. The number of aliphatic carboxylic acids is 1. The van der Waals surface area contributed by atoms with Crippen LogP contribution in [0.5, 0.6) is 0 Å². The predicted molar refractivity (Wildman–Crippen MR) is 116 cm³/mol. The Labute approximate surface area is 171 Å². The van der Waals surface area contributed by atoms with Crippen molar-refractivity contribution in [2.24, 2.45) is 0 Å². The third-order valence-corrected chi connectivity index (χ3v) is 4.37. The molecule has 4 heteroatoms. The first kappa shape index (κ1) is 25.9. The maximum Gasteiger partial charge on any atom is 0.306 e. The average Bonchev–Trinajstić information content (AvgIpc) is 2.59. The van der Waals surface area contributed by atoms with Gasteiger partial charge in [-0.15, -0.1) is 0 Å². The number of hydrogen-bond acceptors (Lipinski definition) is 3. The molecule has 0 saturated carbocycles. The van der Waals surface area contributed by atoms with Gasteiger partial charge in [-0.3, -0.25) is 9.59 Å². The molecule has 0 fully saturated rings. The van der Waals surface area contributed by atoms with E-state index in [4.69, 9.17) is 9.84 Å². The first-order valence-electron chi connectivity index (χ1n) is 10.2. The number of hydrogen-bond donors (Lipinski definition) is 1. The zero-order valence-electron chi connectivity index (χ0n) is 18.3. The lowest BCUT2D eigenvalue weighted by Crippen LogP contribution is -2.07. The molecule has 0 radical (unpaired) electrons. The Balaban J connectivity index is 4.01. The number of rotatable bonds is 14. The molecule has 0 aromatic heterocycles. The molecule has 0 atom stereocenters. The van der Waals surface area contributed by atoms with Crippen LogP contribution in [-0.2, 0) is 14.3 Å². The maximum absolute atomic E-state index is 11.3. The van der Waals surface area contributed by atoms with Gasteiger partial charge in [-0.25, -0.2) is 0 Å². The van der Waals surface area contributed by atoms with Gasteiger partial charge in [-0.05, 0) is 79.2 Å². The molecule has 0 saturated heterocycles. The largest absolute Gasteiger partial charge is 0.481 e. The van der Waals surface area contributed by atoms with Crippen molar-refractivity contribution in [3.8, 4) is 0 Å². The van der Waals surface area contributed by atoms with Crippen molar-refractivity contribution in [2.75, 3.05) is 6.61 Å². The Kier molecular flexibility index (Phi) is 14.7. The van der Waals surface area contributed by atoms with Crippen molar-refractivity contribution in [1.29, 1.82) is 0 Å². The SMILES string of the molecule is CC(C)=CCCC(C)=CCCC(C)=CCCC(C)=CCOC(=O)CCC(=O)O. The van der Waals surface area contributed by atoms with E-state index in [1.807, 2.05) is 13.0 Å². The summed E-state index contributed by atoms with van der Waals surface area (Å²) in [6, 6.07) is 0. The van der Waals surface area contributed by atoms with E-state index in [0.717, 1.165) is 38.5 Å². The van der Waals surface area contributed by atoms with Crippen molar-refractivity contribution in [3.05, 3.63) is 46.6 Å². The number of carboxylic acid groups (broad SMARTS) is 1. The van der Waals surface area contributed by atoms with E-state index in [9.17, 15) is 9.59 Å². The van der Waals surface area contributed by atoms with Crippen LogP contribution in [0.2, 0.25) is 0 Å². The lowest BCUT2D eigenvalue weighted by atomic mass is 10.0. The van der Waals surface area contributed by atoms with Crippen LogP contribution < -0.4 is 0 Å². The normalized spacial score (nSPS) is 12.7. The number of ether oxygens (including phenoxy) is 1. The molecule has 0 rings (SSSR count). The van der Waals surface area contributed by atoms with Crippen LogP contribution in [0.15, 0.2) is 46.6 Å². The smallest absolute Gasteiger partial charge is 0.306 e. The van der Waals surface area contributed by atoms with Gasteiger partial charge in [-0.2, -0.15) is 0 Å². The second kappa shape index (κ2) is 15.9. The molecule has 0 aliphatic rings. The van der Waals surface area contributed by atoms with E-state index >= 15 is 0 Å². The summed E-state index contributed by atoms with van der Waals surface area (Å²) in [5.41, 5.74) is 5.42. The first-order valence-corrected chi connectivity index (χ1v) is 10.2. The highest BCUT2D eigenvalue weighted by Crippen LogP contribution is 2.13. The fraction of sp³-hybridized carbons (Fsp3) is 0.583. The monoisotopic (exact) mass is 390 g/mol. The predicted octanol–water partition coefficient (Wildman–Crippen LogP) is 6.54. The minimum atomic E-state index is -0.986. The van der Waals surface area contributed by atoms with E-state index in [1.54, 1.807) is 0 Å². The van der Waals surface area contributed by atoms with Gasteiger partial charge in [0.1, 0.15) is 6.61 Å². The third-order valence-electron chi connectivity index (χ3n) is 4.37. The van der Waals surface area contributed by atoms with Gasteiger partial charge in [0.15, 0.2) is 0 Å².